The minimum absolute atomic E-state index is 0.250. The summed E-state index contributed by atoms with van der Waals surface area (Å²) in [4.78, 5) is 8.58. The number of hydrogen-bond donors (Lipinski definition) is 4. The number of phenols is 3. The van der Waals surface area contributed by atoms with Crippen molar-refractivity contribution in [2.24, 2.45) is 5.73 Å². The first kappa shape index (κ1) is 10.1. The summed E-state index contributed by atoms with van der Waals surface area (Å²) in [6.07, 6.45) is 0.250. The molecule has 0 atom stereocenters. The molecule has 0 saturated heterocycles. The smallest absolute Gasteiger partial charge is 0.204 e. The first-order valence-corrected chi connectivity index (χ1v) is 2.98. The monoisotopic (exact) mass is 171 g/mol. The number of phenolic OH excluding ortho intramolecular Hbond substituents is 3. The number of carbonyl (C=O) groups is 1. The predicted octanol–water partition coefficient (Wildman–Crippen LogP) is -0.0951. The largest absolute Gasteiger partial charge is 0.504 e. The molecule has 1 amide bonds. The highest BCUT2D eigenvalue weighted by molar-refractivity contribution is 5.47. The first-order chi connectivity index (χ1) is 5.63. The van der Waals surface area contributed by atoms with Crippen LogP contribution in [-0.2, 0) is 4.79 Å². The van der Waals surface area contributed by atoms with E-state index in [-0.39, 0.29) is 17.9 Å². The van der Waals surface area contributed by atoms with Gasteiger partial charge in [-0.2, -0.15) is 0 Å². The van der Waals surface area contributed by atoms with Gasteiger partial charge in [-0.05, 0) is 12.1 Å². The average Bonchev–Trinajstić information content (AvgIpc) is 2.02. The van der Waals surface area contributed by atoms with Crippen LogP contribution in [0.15, 0.2) is 18.2 Å². The Morgan fingerprint density at radius 2 is 1.50 bits per heavy atom. The lowest BCUT2D eigenvalue weighted by Crippen LogP contribution is -1.82. The fraction of sp³-hybridized carbons (Fsp3) is 0. The van der Waals surface area contributed by atoms with E-state index in [4.69, 9.17) is 20.1 Å². The Balaban J connectivity index is 0.000000354. The minimum atomic E-state index is -0.475. The van der Waals surface area contributed by atoms with Crippen molar-refractivity contribution in [3.63, 3.8) is 0 Å². The van der Waals surface area contributed by atoms with Gasteiger partial charge in [-0.15, -0.1) is 0 Å². The Labute approximate surface area is 68.7 Å². The van der Waals surface area contributed by atoms with Crippen molar-refractivity contribution < 1.29 is 20.1 Å². The Kier molecular flexibility index (Phi) is 4.07. The van der Waals surface area contributed by atoms with Gasteiger partial charge in [0.25, 0.3) is 0 Å². The molecular formula is C7H9NO4. The maximum Gasteiger partial charge on any atom is 0.204 e. The van der Waals surface area contributed by atoms with Gasteiger partial charge in [0.05, 0.1) is 0 Å². The fourth-order valence-corrected chi connectivity index (χ4v) is 0.519. The van der Waals surface area contributed by atoms with E-state index < -0.39 is 5.75 Å². The molecule has 0 aliphatic carbocycles. The third-order valence-corrected chi connectivity index (χ3v) is 0.993. The molecule has 5 N–H and O–H groups in total. The van der Waals surface area contributed by atoms with Crippen LogP contribution in [0.3, 0.4) is 0 Å². The van der Waals surface area contributed by atoms with Crippen LogP contribution in [0.1, 0.15) is 0 Å². The third kappa shape index (κ3) is 2.78. The number of primary amides is 1. The van der Waals surface area contributed by atoms with Crippen molar-refractivity contribution in [1.82, 2.24) is 0 Å². The number of para-hydroxylation sites is 1. The molecule has 1 aromatic carbocycles. The normalized spacial score (nSPS) is 8.00. The zero-order valence-corrected chi connectivity index (χ0v) is 6.14. The summed E-state index contributed by atoms with van der Waals surface area (Å²) in [7, 11) is 0. The number of carbonyl (C=O) groups excluding carboxylic acids is 1. The van der Waals surface area contributed by atoms with Crippen LogP contribution in [0.2, 0.25) is 0 Å². The van der Waals surface area contributed by atoms with Crippen LogP contribution < -0.4 is 5.73 Å². The van der Waals surface area contributed by atoms with Crippen molar-refractivity contribution in [2.45, 2.75) is 0 Å². The second-order valence-electron chi connectivity index (χ2n) is 1.78. The SMILES string of the molecule is NC=O.Oc1cccc(O)c1O. The molecule has 1 rings (SSSR count). The van der Waals surface area contributed by atoms with Gasteiger partial charge in [0.15, 0.2) is 17.2 Å². The van der Waals surface area contributed by atoms with Gasteiger partial charge in [0, 0.05) is 0 Å². The number of nitrogens with two attached hydrogens (primary N) is 1. The van der Waals surface area contributed by atoms with Crippen LogP contribution in [-0.4, -0.2) is 21.7 Å². The second kappa shape index (κ2) is 4.84. The molecular weight excluding hydrogens is 162 g/mol. The molecule has 0 bridgehead atoms. The molecule has 1 aromatic rings. The maximum atomic E-state index is 8.71. The molecule has 0 unspecified atom stereocenters. The summed E-state index contributed by atoms with van der Waals surface area (Å²) in [5, 5.41) is 26.1. The lowest BCUT2D eigenvalue weighted by atomic mass is 10.3. The Bertz CT molecular complexity index is 241. The van der Waals surface area contributed by atoms with E-state index >= 15 is 0 Å². The number of benzene rings is 1. The van der Waals surface area contributed by atoms with Crippen molar-refractivity contribution in [3.05, 3.63) is 18.2 Å². The molecule has 0 aliphatic rings. The van der Waals surface area contributed by atoms with Crippen molar-refractivity contribution >= 4 is 6.41 Å². The van der Waals surface area contributed by atoms with E-state index in [0.717, 1.165) is 0 Å². The second-order valence-corrected chi connectivity index (χ2v) is 1.78. The highest BCUT2D eigenvalue weighted by Gasteiger charge is 2.00. The van der Waals surface area contributed by atoms with Crippen LogP contribution in [0.25, 0.3) is 0 Å². The molecule has 66 valence electrons. The highest BCUT2D eigenvalue weighted by Crippen LogP contribution is 2.32. The average molecular weight is 171 g/mol. The van der Waals surface area contributed by atoms with Crippen LogP contribution >= 0.6 is 0 Å². The van der Waals surface area contributed by atoms with E-state index in [1.165, 1.54) is 18.2 Å². The van der Waals surface area contributed by atoms with Gasteiger partial charge in [-0.1, -0.05) is 6.07 Å². The summed E-state index contributed by atoms with van der Waals surface area (Å²) in [6, 6.07) is 4.01. The Morgan fingerprint density at radius 1 is 1.17 bits per heavy atom. The molecule has 12 heavy (non-hydrogen) atoms. The molecule has 0 spiro atoms. The van der Waals surface area contributed by atoms with Crippen molar-refractivity contribution in [2.75, 3.05) is 0 Å². The number of hydrogen-bond acceptors (Lipinski definition) is 4. The molecule has 0 saturated carbocycles. The Hall–Kier alpha value is -1.91. The maximum absolute atomic E-state index is 8.71. The molecule has 0 radical (unpaired) electrons. The molecule has 5 heteroatoms. The zero-order chi connectivity index (χ0) is 9.56. The summed E-state index contributed by atoms with van der Waals surface area (Å²) in [5.41, 5.74) is 4.17. The first-order valence-electron chi connectivity index (χ1n) is 2.98. The van der Waals surface area contributed by atoms with E-state index in [1.54, 1.807) is 0 Å². The van der Waals surface area contributed by atoms with Gasteiger partial charge >= 0.3 is 0 Å². The zero-order valence-electron chi connectivity index (χ0n) is 6.14. The summed E-state index contributed by atoms with van der Waals surface area (Å²) >= 11 is 0. The van der Waals surface area contributed by atoms with Crippen molar-refractivity contribution in [3.8, 4) is 17.2 Å². The topological polar surface area (TPSA) is 104 Å². The number of rotatable bonds is 0. The van der Waals surface area contributed by atoms with Gasteiger partial charge < -0.3 is 21.1 Å². The summed E-state index contributed by atoms with van der Waals surface area (Å²) in [6.45, 7) is 0. The van der Waals surface area contributed by atoms with Crippen molar-refractivity contribution in [1.29, 1.82) is 0 Å². The standard InChI is InChI=1S/C6H6O3.CH3NO/c7-4-2-1-3-5(8)6(4)9;2-1-3/h1-3,7-9H;1H,(H2,2,3). The number of aromatic hydroxyl groups is 3. The van der Waals surface area contributed by atoms with Gasteiger partial charge in [0.1, 0.15) is 0 Å². The minimum Gasteiger partial charge on any atom is -0.504 e. The van der Waals surface area contributed by atoms with E-state index in [0.29, 0.717) is 0 Å². The highest BCUT2D eigenvalue weighted by atomic mass is 16.3. The van der Waals surface area contributed by atoms with E-state index in [9.17, 15) is 0 Å². The van der Waals surface area contributed by atoms with E-state index in [2.05, 4.69) is 5.73 Å². The molecule has 0 aliphatic heterocycles. The van der Waals surface area contributed by atoms with Gasteiger partial charge in [-0.3, -0.25) is 4.79 Å². The lowest BCUT2D eigenvalue weighted by molar-refractivity contribution is -0.106. The van der Waals surface area contributed by atoms with Crippen LogP contribution in [0.4, 0.5) is 0 Å². The summed E-state index contributed by atoms with van der Waals surface area (Å²) < 4.78 is 0. The van der Waals surface area contributed by atoms with E-state index in [1.807, 2.05) is 0 Å². The van der Waals surface area contributed by atoms with Gasteiger partial charge in [0.2, 0.25) is 6.41 Å². The lowest BCUT2D eigenvalue weighted by Gasteiger charge is -1.96. The summed E-state index contributed by atoms with van der Waals surface area (Å²) in [5.74, 6) is -1.09. The molecule has 5 nitrogen and oxygen atoms in total. The molecule has 0 fully saturated rings. The number of amides is 1. The Morgan fingerprint density at radius 3 is 1.75 bits per heavy atom. The van der Waals surface area contributed by atoms with Crippen LogP contribution in [0, 0.1) is 0 Å². The van der Waals surface area contributed by atoms with Crippen LogP contribution in [0.5, 0.6) is 17.2 Å². The fourth-order valence-electron chi connectivity index (χ4n) is 0.519. The third-order valence-electron chi connectivity index (χ3n) is 0.993. The van der Waals surface area contributed by atoms with Gasteiger partial charge in [-0.25, -0.2) is 0 Å². The molecule has 0 aromatic heterocycles. The molecule has 0 heterocycles. The predicted molar refractivity (Wildman–Crippen MR) is 41.7 cm³/mol. The quantitative estimate of drug-likeness (QED) is 0.323.